The maximum atomic E-state index is 10.4. The van der Waals surface area contributed by atoms with Gasteiger partial charge >= 0.3 is 5.82 Å². The molecule has 0 atom stereocenters. The fourth-order valence-electron chi connectivity index (χ4n) is 0.671. The molecule has 1 aromatic rings. The van der Waals surface area contributed by atoms with Gasteiger partial charge in [-0.2, -0.15) is 0 Å². The van der Waals surface area contributed by atoms with E-state index in [1.165, 1.54) is 6.20 Å². The minimum atomic E-state index is -0.524. The third-order valence-corrected chi connectivity index (χ3v) is 3.11. The van der Waals surface area contributed by atoms with Crippen molar-refractivity contribution in [2.24, 2.45) is 0 Å². The molecule has 0 aliphatic heterocycles. The molecule has 64 valence electrons. The standard InChI is InChI=1S/C6H4Br2N2O2/c1-3-4(7)2-9-6(5(3)8)10(11)12/h2H,1H3. The van der Waals surface area contributed by atoms with Crippen LogP contribution in [0.1, 0.15) is 5.56 Å². The fourth-order valence-corrected chi connectivity index (χ4v) is 1.70. The minimum Gasteiger partial charge on any atom is -0.358 e. The summed E-state index contributed by atoms with van der Waals surface area (Å²) in [6.07, 6.45) is 1.41. The lowest BCUT2D eigenvalue weighted by Gasteiger charge is -1.99. The molecule has 0 N–H and O–H groups in total. The summed E-state index contributed by atoms with van der Waals surface area (Å²) in [6.45, 7) is 1.77. The first-order valence-electron chi connectivity index (χ1n) is 2.99. The average Bonchev–Trinajstić information content (AvgIpc) is 2.00. The van der Waals surface area contributed by atoms with Crippen LogP contribution in [0.2, 0.25) is 0 Å². The van der Waals surface area contributed by atoms with Crippen molar-refractivity contribution in [3.05, 3.63) is 30.8 Å². The van der Waals surface area contributed by atoms with Gasteiger partial charge in [-0.15, -0.1) is 0 Å². The summed E-state index contributed by atoms with van der Waals surface area (Å²) < 4.78 is 1.17. The number of pyridine rings is 1. The van der Waals surface area contributed by atoms with Crippen molar-refractivity contribution in [3.63, 3.8) is 0 Å². The Hall–Kier alpha value is -0.490. The van der Waals surface area contributed by atoms with Crippen LogP contribution in [0.4, 0.5) is 5.82 Å². The molecule has 6 heteroatoms. The number of rotatable bonds is 1. The fraction of sp³-hybridized carbons (Fsp3) is 0.167. The Morgan fingerprint density at radius 1 is 1.58 bits per heavy atom. The molecule has 0 radical (unpaired) electrons. The third-order valence-electron chi connectivity index (χ3n) is 1.36. The molecular weight excluding hydrogens is 292 g/mol. The first kappa shape index (κ1) is 9.60. The van der Waals surface area contributed by atoms with Crippen LogP contribution in [0.25, 0.3) is 0 Å². The van der Waals surface area contributed by atoms with Crippen LogP contribution in [0.5, 0.6) is 0 Å². The highest BCUT2D eigenvalue weighted by Gasteiger charge is 2.16. The lowest BCUT2D eigenvalue weighted by molar-refractivity contribution is -0.390. The Morgan fingerprint density at radius 2 is 2.17 bits per heavy atom. The zero-order chi connectivity index (χ0) is 9.30. The molecule has 0 saturated carbocycles. The molecule has 0 fully saturated rings. The van der Waals surface area contributed by atoms with E-state index in [-0.39, 0.29) is 5.82 Å². The second-order valence-corrected chi connectivity index (χ2v) is 3.77. The first-order chi connectivity index (χ1) is 5.54. The van der Waals surface area contributed by atoms with Crippen LogP contribution in [0.15, 0.2) is 15.1 Å². The van der Waals surface area contributed by atoms with E-state index in [1.54, 1.807) is 6.92 Å². The molecule has 12 heavy (non-hydrogen) atoms. The van der Waals surface area contributed by atoms with Gasteiger partial charge < -0.3 is 10.1 Å². The summed E-state index contributed by atoms with van der Waals surface area (Å²) >= 11 is 6.31. The quantitative estimate of drug-likeness (QED) is 0.591. The first-order valence-corrected chi connectivity index (χ1v) is 4.57. The summed E-state index contributed by atoms with van der Waals surface area (Å²) in [5.74, 6) is -0.157. The van der Waals surface area contributed by atoms with Crippen molar-refractivity contribution in [2.45, 2.75) is 6.92 Å². The molecule has 1 aromatic heterocycles. The van der Waals surface area contributed by atoms with Gasteiger partial charge in [-0.3, -0.25) is 0 Å². The van der Waals surface area contributed by atoms with Gasteiger partial charge in [-0.25, -0.2) is 0 Å². The Balaban J connectivity index is 3.36. The highest BCUT2D eigenvalue weighted by atomic mass is 79.9. The summed E-state index contributed by atoms with van der Waals surface area (Å²) in [7, 11) is 0. The molecule has 0 bridgehead atoms. The van der Waals surface area contributed by atoms with Crippen molar-refractivity contribution in [2.75, 3.05) is 0 Å². The molecule has 4 nitrogen and oxygen atoms in total. The third kappa shape index (κ3) is 1.64. The van der Waals surface area contributed by atoms with Crippen LogP contribution >= 0.6 is 31.9 Å². The monoisotopic (exact) mass is 294 g/mol. The maximum Gasteiger partial charge on any atom is 0.378 e. The van der Waals surface area contributed by atoms with Crippen LogP contribution in [-0.4, -0.2) is 9.91 Å². The molecule has 0 saturated heterocycles. The van der Waals surface area contributed by atoms with Gasteiger partial charge in [-0.1, -0.05) is 0 Å². The van der Waals surface area contributed by atoms with Gasteiger partial charge in [0.05, 0.1) is 4.47 Å². The topological polar surface area (TPSA) is 56.0 Å². The predicted molar refractivity (Wildman–Crippen MR) is 51.0 cm³/mol. The van der Waals surface area contributed by atoms with E-state index in [9.17, 15) is 10.1 Å². The van der Waals surface area contributed by atoms with E-state index in [4.69, 9.17) is 0 Å². The lowest BCUT2D eigenvalue weighted by atomic mass is 10.3. The number of halogens is 2. The average molecular weight is 296 g/mol. The maximum absolute atomic E-state index is 10.4. The molecule has 0 aliphatic rings. The van der Waals surface area contributed by atoms with E-state index in [2.05, 4.69) is 36.8 Å². The Kier molecular flexibility index (Phi) is 2.79. The van der Waals surface area contributed by atoms with Crippen molar-refractivity contribution >= 4 is 37.7 Å². The normalized spacial score (nSPS) is 9.92. The molecule has 0 aromatic carbocycles. The zero-order valence-electron chi connectivity index (χ0n) is 6.04. The van der Waals surface area contributed by atoms with E-state index >= 15 is 0 Å². The van der Waals surface area contributed by atoms with E-state index in [0.717, 1.165) is 10.0 Å². The molecule has 0 spiro atoms. The molecule has 0 unspecified atom stereocenters. The molecule has 1 rings (SSSR count). The number of hydrogen-bond acceptors (Lipinski definition) is 3. The Bertz CT molecular complexity index is 341. The van der Waals surface area contributed by atoms with Crippen molar-refractivity contribution in [1.82, 2.24) is 4.98 Å². The van der Waals surface area contributed by atoms with Gasteiger partial charge in [0.25, 0.3) is 0 Å². The Labute approximate surface area is 85.4 Å². The van der Waals surface area contributed by atoms with Gasteiger partial charge in [0.1, 0.15) is 4.47 Å². The van der Waals surface area contributed by atoms with Crippen LogP contribution in [-0.2, 0) is 0 Å². The van der Waals surface area contributed by atoms with Gasteiger partial charge in [0, 0.05) is 0 Å². The second kappa shape index (κ2) is 3.49. The van der Waals surface area contributed by atoms with Crippen molar-refractivity contribution in [3.8, 4) is 0 Å². The predicted octanol–water partition coefficient (Wildman–Crippen LogP) is 2.82. The van der Waals surface area contributed by atoms with Gasteiger partial charge in [0.15, 0.2) is 6.20 Å². The molecule has 0 aliphatic carbocycles. The smallest absolute Gasteiger partial charge is 0.358 e. The van der Waals surface area contributed by atoms with E-state index < -0.39 is 4.92 Å². The molecular formula is C6H4Br2N2O2. The summed E-state index contributed by atoms with van der Waals surface area (Å²) in [4.78, 5) is 13.5. The van der Waals surface area contributed by atoms with Gasteiger partial charge in [-0.05, 0) is 54.3 Å². The number of nitro groups is 1. The highest BCUT2D eigenvalue weighted by molar-refractivity contribution is 9.11. The van der Waals surface area contributed by atoms with Crippen LogP contribution in [0.3, 0.4) is 0 Å². The SMILES string of the molecule is Cc1c(Br)cnc([N+](=O)[O-])c1Br. The second-order valence-electron chi connectivity index (χ2n) is 2.13. The summed E-state index contributed by atoms with van der Waals surface area (Å²) in [5, 5.41) is 10.4. The van der Waals surface area contributed by atoms with Crippen LogP contribution in [0, 0.1) is 17.0 Å². The number of aromatic nitrogens is 1. The Morgan fingerprint density at radius 3 is 2.67 bits per heavy atom. The van der Waals surface area contributed by atoms with Crippen molar-refractivity contribution in [1.29, 1.82) is 0 Å². The van der Waals surface area contributed by atoms with E-state index in [1.807, 2.05) is 0 Å². The largest absolute Gasteiger partial charge is 0.378 e. The highest BCUT2D eigenvalue weighted by Crippen LogP contribution is 2.30. The number of nitrogens with zero attached hydrogens (tertiary/aromatic N) is 2. The molecule has 0 amide bonds. The summed E-state index contributed by atoms with van der Waals surface area (Å²) in [6, 6.07) is 0. The summed E-state index contributed by atoms with van der Waals surface area (Å²) in [5.41, 5.74) is 0.775. The van der Waals surface area contributed by atoms with Gasteiger partial charge in [0.2, 0.25) is 0 Å². The van der Waals surface area contributed by atoms with E-state index in [0.29, 0.717) is 4.47 Å². The zero-order valence-corrected chi connectivity index (χ0v) is 9.22. The van der Waals surface area contributed by atoms with Crippen LogP contribution < -0.4 is 0 Å². The number of hydrogen-bond donors (Lipinski definition) is 0. The molecule has 1 heterocycles. The minimum absolute atomic E-state index is 0.157. The lowest BCUT2D eigenvalue weighted by Crippen LogP contribution is -1.95. The van der Waals surface area contributed by atoms with Crippen molar-refractivity contribution < 1.29 is 4.92 Å².